The lowest BCUT2D eigenvalue weighted by atomic mass is 9.79. The number of pyridine rings is 1. The minimum atomic E-state index is -1.00. The van der Waals surface area contributed by atoms with Crippen molar-refractivity contribution >= 4 is 5.97 Å². The van der Waals surface area contributed by atoms with Gasteiger partial charge in [-0.1, -0.05) is 6.07 Å². The maximum Gasteiger partial charge on any atom is 0.330 e. The third kappa shape index (κ3) is 1.51. The highest BCUT2D eigenvalue weighted by Crippen LogP contribution is 2.32. The average Bonchev–Trinajstić information content (AvgIpc) is 2.28. The molecule has 0 radical (unpaired) electrons. The fraction of sp³-hybridized carbons (Fsp3) is 0.455. The van der Waals surface area contributed by atoms with Gasteiger partial charge in [-0.25, -0.2) is 4.79 Å². The number of ether oxygens (including phenoxy) is 1. The molecule has 4 nitrogen and oxygen atoms in total. The molecule has 0 aromatic carbocycles. The number of carbonyl (C=O) groups is 1. The highest BCUT2D eigenvalue weighted by Gasteiger charge is 2.41. The molecule has 1 unspecified atom stereocenters. The molecule has 15 heavy (non-hydrogen) atoms. The van der Waals surface area contributed by atoms with Crippen molar-refractivity contribution in [2.75, 3.05) is 7.11 Å². The van der Waals surface area contributed by atoms with Crippen LogP contribution in [0.1, 0.15) is 24.1 Å². The van der Waals surface area contributed by atoms with E-state index >= 15 is 0 Å². The summed E-state index contributed by atoms with van der Waals surface area (Å²) in [4.78, 5) is 15.9. The molecule has 4 heteroatoms. The van der Waals surface area contributed by atoms with E-state index in [1.807, 2.05) is 6.07 Å². The van der Waals surface area contributed by atoms with Crippen LogP contribution in [-0.4, -0.2) is 18.1 Å². The number of nitrogens with two attached hydrogens (primary N) is 1. The van der Waals surface area contributed by atoms with Crippen LogP contribution in [0.3, 0.4) is 0 Å². The predicted molar refractivity (Wildman–Crippen MR) is 55.1 cm³/mol. The topological polar surface area (TPSA) is 65.2 Å². The van der Waals surface area contributed by atoms with Gasteiger partial charge in [0.05, 0.1) is 7.11 Å². The SMILES string of the molecule is COC(=O)C1(N)CCCc2ncccc21. The van der Waals surface area contributed by atoms with Gasteiger partial charge >= 0.3 is 5.97 Å². The predicted octanol–water partition coefficient (Wildman–Crippen LogP) is 0.745. The van der Waals surface area contributed by atoms with E-state index in [1.54, 1.807) is 12.3 Å². The fourth-order valence-electron chi connectivity index (χ4n) is 2.11. The quantitative estimate of drug-likeness (QED) is 0.688. The van der Waals surface area contributed by atoms with Gasteiger partial charge in [-0.2, -0.15) is 0 Å². The summed E-state index contributed by atoms with van der Waals surface area (Å²) in [5, 5.41) is 0. The van der Waals surface area contributed by atoms with Gasteiger partial charge in [-0.05, 0) is 25.3 Å². The van der Waals surface area contributed by atoms with Gasteiger partial charge in [0.2, 0.25) is 0 Å². The normalized spacial score (nSPS) is 24.4. The van der Waals surface area contributed by atoms with Crippen LogP contribution in [0.2, 0.25) is 0 Å². The number of carbonyl (C=O) groups excluding carboxylic acids is 1. The molecular formula is C11H14N2O2. The van der Waals surface area contributed by atoms with Crippen LogP contribution in [0.5, 0.6) is 0 Å². The van der Waals surface area contributed by atoms with E-state index < -0.39 is 5.54 Å². The Morgan fingerprint density at radius 1 is 1.67 bits per heavy atom. The van der Waals surface area contributed by atoms with Crippen molar-refractivity contribution < 1.29 is 9.53 Å². The second-order valence-corrected chi connectivity index (χ2v) is 3.81. The molecule has 2 rings (SSSR count). The van der Waals surface area contributed by atoms with Gasteiger partial charge in [0, 0.05) is 17.5 Å². The van der Waals surface area contributed by atoms with Gasteiger partial charge in [-0.15, -0.1) is 0 Å². The monoisotopic (exact) mass is 206 g/mol. The van der Waals surface area contributed by atoms with E-state index in [9.17, 15) is 4.79 Å². The van der Waals surface area contributed by atoms with Gasteiger partial charge in [0.25, 0.3) is 0 Å². The van der Waals surface area contributed by atoms with Gasteiger partial charge in [0.15, 0.2) is 0 Å². The second-order valence-electron chi connectivity index (χ2n) is 3.81. The Kier molecular flexibility index (Phi) is 2.44. The van der Waals surface area contributed by atoms with E-state index in [4.69, 9.17) is 10.5 Å². The highest BCUT2D eigenvalue weighted by atomic mass is 16.5. The molecule has 0 saturated heterocycles. The van der Waals surface area contributed by atoms with Crippen molar-refractivity contribution in [1.29, 1.82) is 0 Å². The van der Waals surface area contributed by atoms with E-state index in [2.05, 4.69) is 4.98 Å². The number of aryl methyl sites for hydroxylation is 1. The summed E-state index contributed by atoms with van der Waals surface area (Å²) in [7, 11) is 1.36. The molecule has 1 aliphatic rings. The van der Waals surface area contributed by atoms with Crippen LogP contribution in [0.15, 0.2) is 18.3 Å². The summed E-state index contributed by atoms with van der Waals surface area (Å²) in [6.07, 6.45) is 4.10. The van der Waals surface area contributed by atoms with Crippen molar-refractivity contribution in [2.24, 2.45) is 5.73 Å². The lowest BCUT2D eigenvalue weighted by molar-refractivity contribution is -0.148. The Balaban J connectivity index is 2.49. The fourth-order valence-corrected chi connectivity index (χ4v) is 2.11. The van der Waals surface area contributed by atoms with Crippen molar-refractivity contribution in [3.8, 4) is 0 Å². The standard InChI is InChI=1S/C11H14N2O2/c1-15-10(14)11(12)6-2-5-9-8(11)4-3-7-13-9/h3-4,7H,2,5-6,12H2,1H3. The first-order valence-electron chi connectivity index (χ1n) is 5.00. The molecule has 1 aromatic rings. The third-order valence-corrected chi connectivity index (χ3v) is 2.91. The molecule has 80 valence electrons. The molecular weight excluding hydrogens is 192 g/mol. The number of fused-ring (bicyclic) bond motifs is 1. The van der Waals surface area contributed by atoms with Crippen LogP contribution in [0.4, 0.5) is 0 Å². The molecule has 1 heterocycles. The molecule has 0 aliphatic heterocycles. The second kappa shape index (κ2) is 3.62. The summed E-state index contributed by atoms with van der Waals surface area (Å²) >= 11 is 0. The van der Waals surface area contributed by atoms with E-state index in [-0.39, 0.29) is 5.97 Å². The van der Waals surface area contributed by atoms with Crippen molar-refractivity contribution in [3.63, 3.8) is 0 Å². The van der Waals surface area contributed by atoms with Crippen molar-refractivity contribution in [2.45, 2.75) is 24.8 Å². The molecule has 0 amide bonds. The van der Waals surface area contributed by atoms with Gasteiger partial charge in [0.1, 0.15) is 5.54 Å². The minimum Gasteiger partial charge on any atom is -0.467 e. The molecule has 0 bridgehead atoms. The number of aromatic nitrogens is 1. The van der Waals surface area contributed by atoms with E-state index in [1.165, 1.54) is 7.11 Å². The smallest absolute Gasteiger partial charge is 0.330 e. The number of methoxy groups -OCH3 is 1. The van der Waals surface area contributed by atoms with Crippen molar-refractivity contribution in [1.82, 2.24) is 4.98 Å². The Morgan fingerprint density at radius 2 is 2.47 bits per heavy atom. The van der Waals surface area contributed by atoms with E-state index in [0.717, 1.165) is 24.1 Å². The van der Waals surface area contributed by atoms with Crippen LogP contribution in [0.25, 0.3) is 0 Å². The summed E-state index contributed by atoms with van der Waals surface area (Å²) in [6.45, 7) is 0. The first-order valence-corrected chi connectivity index (χ1v) is 5.00. The van der Waals surface area contributed by atoms with Crippen LogP contribution < -0.4 is 5.73 Å². The maximum atomic E-state index is 11.7. The number of nitrogens with zero attached hydrogens (tertiary/aromatic N) is 1. The molecule has 0 saturated carbocycles. The van der Waals surface area contributed by atoms with Gasteiger partial charge in [-0.3, -0.25) is 4.98 Å². The molecule has 0 fully saturated rings. The Labute approximate surface area is 88.4 Å². The number of esters is 1. The van der Waals surface area contributed by atoms with Crippen molar-refractivity contribution in [3.05, 3.63) is 29.6 Å². The first kappa shape index (κ1) is 10.1. The minimum absolute atomic E-state index is 0.378. The largest absolute Gasteiger partial charge is 0.467 e. The lowest BCUT2D eigenvalue weighted by Gasteiger charge is -2.32. The lowest BCUT2D eigenvalue weighted by Crippen LogP contribution is -2.48. The zero-order valence-corrected chi connectivity index (χ0v) is 8.69. The molecule has 0 spiro atoms. The third-order valence-electron chi connectivity index (χ3n) is 2.91. The Hall–Kier alpha value is -1.42. The van der Waals surface area contributed by atoms with Gasteiger partial charge < -0.3 is 10.5 Å². The number of hydrogen-bond acceptors (Lipinski definition) is 4. The van der Waals surface area contributed by atoms with Crippen LogP contribution in [-0.2, 0) is 21.5 Å². The molecule has 1 aliphatic carbocycles. The van der Waals surface area contributed by atoms with E-state index in [0.29, 0.717) is 6.42 Å². The average molecular weight is 206 g/mol. The Bertz CT molecular complexity index is 392. The Morgan fingerprint density at radius 3 is 3.20 bits per heavy atom. The summed E-state index contributed by atoms with van der Waals surface area (Å²) in [6, 6.07) is 3.66. The number of rotatable bonds is 1. The molecule has 1 aromatic heterocycles. The zero-order valence-electron chi connectivity index (χ0n) is 8.69. The number of hydrogen-bond donors (Lipinski definition) is 1. The van der Waals surface area contributed by atoms with Crippen LogP contribution >= 0.6 is 0 Å². The summed E-state index contributed by atoms with van der Waals surface area (Å²) < 4.78 is 4.76. The molecule has 2 N–H and O–H groups in total. The molecule has 1 atom stereocenters. The van der Waals surface area contributed by atoms with Crippen LogP contribution in [0, 0.1) is 0 Å². The summed E-state index contributed by atoms with van der Waals surface area (Å²) in [5.41, 5.74) is 6.83. The summed E-state index contributed by atoms with van der Waals surface area (Å²) in [5.74, 6) is -0.378. The zero-order chi connectivity index (χ0) is 10.9. The maximum absolute atomic E-state index is 11.7. The first-order chi connectivity index (χ1) is 7.18. The highest BCUT2D eigenvalue weighted by molar-refractivity contribution is 5.82.